The first kappa shape index (κ1) is 13.4. The molecule has 2 heterocycles. The molecule has 0 aromatic heterocycles. The summed E-state index contributed by atoms with van der Waals surface area (Å²) in [6, 6.07) is 16.6. The van der Waals surface area contributed by atoms with Gasteiger partial charge in [0.05, 0.1) is 0 Å². The number of hydrogen-bond donors (Lipinski definition) is 0. The van der Waals surface area contributed by atoms with Crippen molar-refractivity contribution in [1.29, 1.82) is 0 Å². The van der Waals surface area contributed by atoms with Crippen LogP contribution >= 0.6 is 0 Å². The molecule has 0 unspecified atom stereocenters. The van der Waals surface area contributed by atoms with Crippen molar-refractivity contribution in [3.63, 3.8) is 0 Å². The number of hydrogen-bond acceptors (Lipinski definition) is 4. The Balaban J connectivity index is 1.42. The Kier molecular flexibility index (Phi) is 3.71. The molecule has 21 heavy (non-hydrogen) atoms. The molecule has 0 atom stereocenters. The van der Waals surface area contributed by atoms with Gasteiger partial charge in [-0.1, -0.05) is 0 Å². The maximum absolute atomic E-state index is 5.83. The predicted molar refractivity (Wildman–Crippen MR) is 75.0 cm³/mol. The van der Waals surface area contributed by atoms with Crippen molar-refractivity contribution < 1.29 is 31.2 Å². The van der Waals surface area contributed by atoms with E-state index in [1.165, 1.54) is 11.1 Å². The van der Waals surface area contributed by atoms with Crippen molar-refractivity contribution in [2.45, 2.75) is 13.1 Å². The summed E-state index contributed by atoms with van der Waals surface area (Å²) in [6.45, 7) is 3.31. The molecular weight excluding hydrogens is 379 g/mol. The third kappa shape index (κ3) is 2.86. The number of benzene rings is 2. The van der Waals surface area contributed by atoms with E-state index < -0.39 is 0 Å². The van der Waals surface area contributed by atoms with Crippen molar-refractivity contribution >= 4 is 0 Å². The summed E-state index contributed by atoms with van der Waals surface area (Å²) in [5, 5.41) is 0. The predicted octanol–water partition coefficient (Wildman–Crippen LogP) is -0.390. The van der Waals surface area contributed by atoms with Gasteiger partial charge in [-0.3, -0.25) is 0 Å². The molecule has 5 heteroatoms. The molecule has 110 valence electrons. The molecule has 0 spiro atoms. The molecule has 0 bridgehead atoms. The Bertz CT molecular complexity index is 594. The fraction of sp³-hybridized carbons (Fsp3) is 0.250. The summed E-state index contributed by atoms with van der Waals surface area (Å²) in [5.74, 6) is 2.05. The first-order valence-corrected chi connectivity index (χ1v) is 8.88. The van der Waals surface area contributed by atoms with Gasteiger partial charge in [0.25, 0.3) is 0 Å². The zero-order valence-electron chi connectivity index (χ0n) is 11.5. The molecule has 2 aromatic rings. The Morgan fingerprint density at radius 2 is 1.19 bits per heavy atom. The summed E-state index contributed by atoms with van der Waals surface area (Å²) < 4.78 is 16.5. The number of fused-ring (bicyclic) bond motifs is 2. The number of nitrogens with zero attached hydrogens (tertiary/aromatic N) is 2. The van der Waals surface area contributed by atoms with Gasteiger partial charge in [0, 0.05) is 0 Å². The third-order valence-corrected chi connectivity index (χ3v) is 6.02. The molecule has 0 saturated heterocycles. The van der Waals surface area contributed by atoms with Gasteiger partial charge in [0.1, 0.15) is 0 Å². The van der Waals surface area contributed by atoms with Crippen LogP contribution in [0.15, 0.2) is 48.5 Å². The van der Waals surface area contributed by atoms with Crippen LogP contribution in [-0.4, -0.2) is 19.7 Å². The quantitative estimate of drug-likeness (QED) is 0.511. The topological polar surface area (TPSA) is 24.9 Å². The summed E-state index contributed by atoms with van der Waals surface area (Å²) in [5.41, 5.74) is 2.56. The van der Waals surface area contributed by atoms with E-state index >= 15 is 0 Å². The van der Waals surface area contributed by atoms with Crippen LogP contribution in [0.1, 0.15) is 11.1 Å². The van der Waals surface area contributed by atoms with Crippen molar-refractivity contribution in [1.82, 2.24) is 6.23 Å². The summed E-state index contributed by atoms with van der Waals surface area (Å²) in [6.07, 6.45) is 0. The van der Waals surface area contributed by atoms with Crippen LogP contribution in [0, 0.1) is 0 Å². The number of rotatable bonds is 2. The van der Waals surface area contributed by atoms with E-state index in [4.69, 9.17) is 9.47 Å². The molecule has 0 amide bonds. The van der Waals surface area contributed by atoms with E-state index in [1.807, 2.05) is 24.3 Å². The SMILES string of the molecule is c1ccc2c(c1)CN([I-]N1COc3ccccc3C1)CO2. The Hall–Kier alpha value is -1.31. The van der Waals surface area contributed by atoms with Crippen molar-refractivity contribution in [2.75, 3.05) is 13.5 Å². The molecule has 4 rings (SSSR count). The minimum atomic E-state index is -0.253. The number of para-hydroxylation sites is 2. The van der Waals surface area contributed by atoms with Gasteiger partial charge in [-0.25, -0.2) is 0 Å². The summed E-state index contributed by atoms with van der Waals surface area (Å²) in [4.78, 5) is 0. The molecule has 4 nitrogen and oxygen atoms in total. The molecule has 0 N–H and O–H groups in total. The standard InChI is InChI=1S/C16H16IN2O2/c1-3-7-15-13(5-1)9-18(11-20-15)17-19-10-14-6-2-4-8-16(14)21-12-19/h1-8H,9-12H2/q-1. The fourth-order valence-electron chi connectivity index (χ4n) is 2.54. The van der Waals surface area contributed by atoms with Crippen LogP contribution in [0.3, 0.4) is 0 Å². The Labute approximate surface area is 135 Å². The molecule has 0 saturated carbocycles. The van der Waals surface area contributed by atoms with Crippen molar-refractivity contribution in [3.05, 3.63) is 59.7 Å². The molecular formula is C16H16IN2O2-. The van der Waals surface area contributed by atoms with Gasteiger partial charge < -0.3 is 0 Å². The zero-order chi connectivity index (χ0) is 14.1. The molecule has 0 aliphatic carbocycles. The minimum absolute atomic E-state index is 0.253. The first-order valence-electron chi connectivity index (χ1n) is 6.95. The van der Waals surface area contributed by atoms with E-state index in [2.05, 4.69) is 30.5 Å². The second-order valence-corrected chi connectivity index (χ2v) is 8.24. The summed E-state index contributed by atoms with van der Waals surface area (Å²) in [7, 11) is 0. The molecule has 2 aliphatic heterocycles. The third-order valence-electron chi connectivity index (χ3n) is 3.56. The van der Waals surface area contributed by atoms with Crippen LogP contribution in [-0.2, 0) is 13.1 Å². The van der Waals surface area contributed by atoms with Crippen LogP contribution in [0.2, 0.25) is 0 Å². The Morgan fingerprint density at radius 1 is 0.714 bits per heavy atom. The van der Waals surface area contributed by atoms with Gasteiger partial charge in [0.15, 0.2) is 0 Å². The molecule has 2 aromatic carbocycles. The van der Waals surface area contributed by atoms with E-state index in [1.54, 1.807) is 0 Å². The van der Waals surface area contributed by atoms with E-state index in [-0.39, 0.29) is 21.8 Å². The number of ether oxygens (including phenoxy) is 2. The van der Waals surface area contributed by atoms with Gasteiger partial charge >= 0.3 is 135 Å². The van der Waals surface area contributed by atoms with Gasteiger partial charge in [0.2, 0.25) is 0 Å². The average molecular weight is 395 g/mol. The van der Waals surface area contributed by atoms with Crippen molar-refractivity contribution in [3.8, 4) is 11.5 Å². The van der Waals surface area contributed by atoms with E-state index in [9.17, 15) is 0 Å². The maximum atomic E-state index is 5.83. The van der Waals surface area contributed by atoms with Crippen LogP contribution in [0.4, 0.5) is 0 Å². The van der Waals surface area contributed by atoms with Crippen LogP contribution in [0.25, 0.3) is 0 Å². The number of halogens is 1. The Morgan fingerprint density at radius 3 is 1.71 bits per heavy atom. The second kappa shape index (κ2) is 5.82. The van der Waals surface area contributed by atoms with E-state index in [0.29, 0.717) is 13.5 Å². The normalized spacial score (nSPS) is 18.5. The zero-order valence-corrected chi connectivity index (χ0v) is 13.7. The fourth-order valence-corrected chi connectivity index (χ4v) is 4.97. The van der Waals surface area contributed by atoms with Gasteiger partial charge in [-0.15, -0.1) is 0 Å². The molecule has 0 fully saturated rings. The summed E-state index contributed by atoms with van der Waals surface area (Å²) >= 11 is -0.253. The van der Waals surface area contributed by atoms with Gasteiger partial charge in [-0.2, -0.15) is 0 Å². The molecule has 2 aliphatic rings. The van der Waals surface area contributed by atoms with E-state index in [0.717, 1.165) is 24.6 Å². The van der Waals surface area contributed by atoms with Crippen LogP contribution in [0.5, 0.6) is 11.5 Å². The second-order valence-electron chi connectivity index (χ2n) is 5.08. The van der Waals surface area contributed by atoms with Gasteiger partial charge in [-0.05, 0) is 0 Å². The monoisotopic (exact) mass is 395 g/mol. The molecule has 0 radical (unpaired) electrons. The average Bonchev–Trinajstić information content (AvgIpc) is 2.55. The van der Waals surface area contributed by atoms with Crippen LogP contribution < -0.4 is 31.2 Å². The van der Waals surface area contributed by atoms with Crippen molar-refractivity contribution in [2.24, 2.45) is 0 Å². The first-order chi connectivity index (χ1) is 10.4.